The Labute approximate surface area is 146 Å². The lowest BCUT2D eigenvalue weighted by molar-refractivity contribution is -0.119. The van der Waals surface area contributed by atoms with Crippen molar-refractivity contribution in [2.45, 2.75) is 36.9 Å². The van der Waals surface area contributed by atoms with Crippen LogP contribution >= 0.6 is 11.3 Å². The molecule has 0 bridgehead atoms. The van der Waals surface area contributed by atoms with Crippen LogP contribution in [0.25, 0.3) is 0 Å². The number of sulfonamides is 1. The van der Waals surface area contributed by atoms with Crippen molar-refractivity contribution < 1.29 is 13.2 Å². The molecule has 1 aromatic carbocycles. The molecule has 24 heavy (non-hydrogen) atoms. The first-order valence-electron chi connectivity index (χ1n) is 7.84. The van der Waals surface area contributed by atoms with E-state index in [1.807, 2.05) is 38.1 Å². The second-order valence-corrected chi connectivity index (χ2v) is 9.40. The van der Waals surface area contributed by atoms with Crippen molar-refractivity contribution in [3.05, 3.63) is 46.8 Å². The largest absolute Gasteiger partial charge is 0.325 e. The molecule has 0 radical (unpaired) electrons. The second-order valence-electron chi connectivity index (χ2n) is 5.99. The molecule has 5 nitrogen and oxygen atoms in total. The Morgan fingerprint density at radius 3 is 2.50 bits per heavy atom. The molecule has 128 valence electrons. The summed E-state index contributed by atoms with van der Waals surface area (Å²) in [6.07, 6.45) is 1.23. The number of carbonyl (C=O) groups is 1. The monoisotopic (exact) mass is 364 g/mol. The predicted molar refractivity (Wildman–Crippen MR) is 95.8 cm³/mol. The van der Waals surface area contributed by atoms with Gasteiger partial charge in [0, 0.05) is 17.1 Å². The van der Waals surface area contributed by atoms with Gasteiger partial charge in [0.05, 0.1) is 0 Å². The zero-order valence-corrected chi connectivity index (χ0v) is 15.3. The third kappa shape index (κ3) is 3.38. The fourth-order valence-corrected chi connectivity index (χ4v) is 5.89. The van der Waals surface area contributed by atoms with Crippen molar-refractivity contribution in [2.24, 2.45) is 0 Å². The summed E-state index contributed by atoms with van der Waals surface area (Å²) in [7, 11) is -3.62. The van der Waals surface area contributed by atoms with Gasteiger partial charge >= 0.3 is 0 Å². The second kappa shape index (κ2) is 6.66. The first kappa shape index (κ1) is 17.1. The highest BCUT2D eigenvalue weighted by molar-refractivity contribution is 7.91. The summed E-state index contributed by atoms with van der Waals surface area (Å²) >= 11 is 1.24. The lowest BCUT2D eigenvalue weighted by Gasteiger charge is -2.22. The maximum absolute atomic E-state index is 12.8. The Bertz CT molecular complexity index is 841. The average molecular weight is 364 g/mol. The molecule has 1 aliphatic rings. The zero-order valence-electron chi connectivity index (χ0n) is 13.7. The van der Waals surface area contributed by atoms with Crippen LogP contribution in [0.1, 0.15) is 23.3 Å². The van der Waals surface area contributed by atoms with Gasteiger partial charge < -0.3 is 5.32 Å². The van der Waals surface area contributed by atoms with Crippen LogP contribution in [0.5, 0.6) is 0 Å². The Balaban J connectivity index is 1.80. The fourth-order valence-electron chi connectivity index (χ4n) is 2.82. The molecular weight excluding hydrogens is 344 g/mol. The van der Waals surface area contributed by atoms with Gasteiger partial charge in [-0.3, -0.25) is 4.79 Å². The summed E-state index contributed by atoms with van der Waals surface area (Å²) in [4.78, 5) is 13.5. The van der Waals surface area contributed by atoms with E-state index in [1.165, 1.54) is 15.6 Å². The molecule has 1 aliphatic heterocycles. The van der Waals surface area contributed by atoms with Crippen LogP contribution in [-0.2, 0) is 14.8 Å². The maximum Gasteiger partial charge on any atom is 0.253 e. The molecule has 2 heterocycles. The number of hydrogen-bond donors (Lipinski definition) is 1. The van der Waals surface area contributed by atoms with Gasteiger partial charge in [0.25, 0.3) is 10.0 Å². The van der Waals surface area contributed by atoms with Crippen molar-refractivity contribution >= 4 is 33.0 Å². The first-order chi connectivity index (χ1) is 11.4. The standard InChI is InChI=1S/C17H20N2O3S2/c1-12-5-8-14(9-6-12)18-17(20)15-4-3-11-19(15)24(21,22)16-10-7-13(2)23-16/h5-10,15H,3-4,11H2,1-2H3,(H,18,20). The van der Waals surface area contributed by atoms with E-state index in [-0.39, 0.29) is 5.91 Å². The van der Waals surface area contributed by atoms with Crippen molar-refractivity contribution in [1.29, 1.82) is 0 Å². The minimum Gasteiger partial charge on any atom is -0.325 e. The molecule has 2 aromatic rings. The van der Waals surface area contributed by atoms with Crippen LogP contribution in [0.2, 0.25) is 0 Å². The first-order valence-corrected chi connectivity index (χ1v) is 10.1. The summed E-state index contributed by atoms with van der Waals surface area (Å²) in [5.74, 6) is -0.270. The number of carbonyl (C=O) groups excluding carboxylic acids is 1. The van der Waals surface area contributed by atoms with Crippen molar-refractivity contribution in [2.75, 3.05) is 11.9 Å². The summed E-state index contributed by atoms with van der Waals surface area (Å²) in [6.45, 7) is 4.22. The van der Waals surface area contributed by atoms with Crippen molar-refractivity contribution in [3.8, 4) is 0 Å². The molecule has 1 saturated heterocycles. The third-order valence-corrected chi connectivity index (χ3v) is 7.48. The van der Waals surface area contributed by atoms with E-state index in [0.717, 1.165) is 10.4 Å². The topological polar surface area (TPSA) is 66.5 Å². The number of rotatable bonds is 4. The van der Waals surface area contributed by atoms with Gasteiger partial charge in [0.1, 0.15) is 10.3 Å². The highest BCUT2D eigenvalue weighted by Crippen LogP contribution is 2.30. The van der Waals surface area contributed by atoms with Crippen LogP contribution in [0.3, 0.4) is 0 Å². The highest BCUT2D eigenvalue weighted by atomic mass is 32.2. The Morgan fingerprint density at radius 1 is 1.17 bits per heavy atom. The number of thiophene rings is 1. The smallest absolute Gasteiger partial charge is 0.253 e. The van der Waals surface area contributed by atoms with Gasteiger partial charge in [-0.2, -0.15) is 4.31 Å². The minimum absolute atomic E-state index is 0.270. The number of aryl methyl sites for hydroxylation is 2. The molecular formula is C17H20N2O3S2. The average Bonchev–Trinajstić information content (AvgIpc) is 3.19. The van der Waals surface area contributed by atoms with Gasteiger partial charge in [0.2, 0.25) is 5.91 Å². The van der Waals surface area contributed by atoms with E-state index >= 15 is 0 Å². The van der Waals surface area contributed by atoms with E-state index in [0.29, 0.717) is 29.3 Å². The lowest BCUT2D eigenvalue weighted by atomic mass is 10.2. The van der Waals surface area contributed by atoms with E-state index in [9.17, 15) is 13.2 Å². The molecule has 1 N–H and O–H groups in total. The quantitative estimate of drug-likeness (QED) is 0.906. The number of hydrogen-bond acceptors (Lipinski definition) is 4. The highest BCUT2D eigenvalue weighted by Gasteiger charge is 2.40. The van der Waals surface area contributed by atoms with Crippen LogP contribution in [0, 0.1) is 13.8 Å². The molecule has 0 spiro atoms. The third-order valence-electron chi connectivity index (χ3n) is 4.10. The zero-order chi connectivity index (χ0) is 17.3. The minimum atomic E-state index is -3.62. The summed E-state index contributed by atoms with van der Waals surface area (Å²) in [5, 5.41) is 2.83. The van der Waals surface area contributed by atoms with Gasteiger partial charge in [0.15, 0.2) is 0 Å². The number of amides is 1. The Kier molecular flexibility index (Phi) is 4.76. The molecule has 1 amide bonds. The molecule has 1 aromatic heterocycles. The normalized spacial score (nSPS) is 18.7. The fraction of sp³-hybridized carbons (Fsp3) is 0.353. The van der Waals surface area contributed by atoms with E-state index in [1.54, 1.807) is 12.1 Å². The Hall–Kier alpha value is -1.70. The molecule has 3 rings (SSSR count). The van der Waals surface area contributed by atoms with Gasteiger partial charge in [-0.15, -0.1) is 11.3 Å². The number of nitrogens with one attached hydrogen (secondary N) is 1. The molecule has 1 unspecified atom stereocenters. The van der Waals surface area contributed by atoms with Crippen LogP contribution in [-0.4, -0.2) is 31.2 Å². The van der Waals surface area contributed by atoms with E-state index in [2.05, 4.69) is 5.32 Å². The van der Waals surface area contributed by atoms with Crippen LogP contribution in [0.4, 0.5) is 5.69 Å². The van der Waals surface area contributed by atoms with Crippen molar-refractivity contribution in [3.63, 3.8) is 0 Å². The van der Waals surface area contributed by atoms with Crippen molar-refractivity contribution in [1.82, 2.24) is 4.31 Å². The SMILES string of the molecule is Cc1ccc(NC(=O)C2CCCN2S(=O)(=O)c2ccc(C)s2)cc1. The molecule has 0 aliphatic carbocycles. The number of nitrogens with zero attached hydrogens (tertiary/aromatic N) is 1. The van der Waals surface area contributed by atoms with Crippen LogP contribution < -0.4 is 5.32 Å². The summed E-state index contributed by atoms with van der Waals surface area (Å²) in [5.41, 5.74) is 1.79. The summed E-state index contributed by atoms with van der Waals surface area (Å²) in [6, 6.07) is 10.2. The Morgan fingerprint density at radius 2 is 1.88 bits per heavy atom. The van der Waals surface area contributed by atoms with Gasteiger partial charge in [-0.25, -0.2) is 8.42 Å². The van der Waals surface area contributed by atoms with E-state index < -0.39 is 16.1 Å². The molecule has 7 heteroatoms. The predicted octanol–water partition coefficient (Wildman–Crippen LogP) is 3.16. The van der Waals surface area contributed by atoms with Gasteiger partial charge in [-0.05, 0) is 51.0 Å². The number of anilines is 1. The molecule has 1 atom stereocenters. The number of benzene rings is 1. The molecule has 0 saturated carbocycles. The summed E-state index contributed by atoms with van der Waals surface area (Å²) < 4.78 is 27.3. The van der Waals surface area contributed by atoms with E-state index in [4.69, 9.17) is 0 Å². The lowest BCUT2D eigenvalue weighted by Crippen LogP contribution is -2.42. The van der Waals surface area contributed by atoms with Crippen LogP contribution in [0.15, 0.2) is 40.6 Å². The van der Waals surface area contributed by atoms with Gasteiger partial charge in [-0.1, -0.05) is 17.7 Å². The molecule has 1 fully saturated rings. The maximum atomic E-state index is 12.8.